The number of rotatable bonds is 7. The first-order valence-electron chi connectivity index (χ1n) is 12.2. The van der Waals surface area contributed by atoms with Crippen molar-refractivity contribution in [2.75, 3.05) is 13.7 Å². The van der Waals surface area contributed by atoms with E-state index in [1.807, 2.05) is 0 Å². The van der Waals surface area contributed by atoms with Gasteiger partial charge in [0.2, 0.25) is 0 Å². The number of carboxylic acids is 1. The molecule has 1 aliphatic heterocycles. The highest BCUT2D eigenvalue weighted by Gasteiger charge is 2.33. The summed E-state index contributed by atoms with van der Waals surface area (Å²) in [5.74, 6) is -0.259. The van der Waals surface area contributed by atoms with Gasteiger partial charge in [-0.1, -0.05) is 35.1 Å². The zero-order chi connectivity index (χ0) is 28.6. The molecule has 5 rings (SSSR count). The second-order valence-corrected chi connectivity index (χ2v) is 10.2. The molecule has 204 valence electrons. The predicted octanol–water partition coefficient (Wildman–Crippen LogP) is 4.42. The van der Waals surface area contributed by atoms with Crippen LogP contribution >= 0.6 is 22.9 Å². The Hall–Kier alpha value is -4.41. The molecule has 11 heteroatoms. The van der Waals surface area contributed by atoms with Crippen LogP contribution in [0.1, 0.15) is 41.6 Å². The normalized spacial score (nSPS) is 15.0. The van der Waals surface area contributed by atoms with Crippen LogP contribution in [0, 0.1) is 0 Å². The Morgan fingerprint density at radius 3 is 2.60 bits per heavy atom. The molecule has 1 N–H and O–H groups in total. The van der Waals surface area contributed by atoms with Crippen molar-refractivity contribution in [2.45, 2.75) is 19.9 Å². The fourth-order valence-electron chi connectivity index (χ4n) is 4.45. The molecule has 0 saturated heterocycles. The highest BCUT2D eigenvalue weighted by Crippen LogP contribution is 2.32. The minimum Gasteiger partial charge on any atom is -0.497 e. The number of carbonyl (C=O) groups excluding carboxylic acids is 1. The zero-order valence-corrected chi connectivity index (χ0v) is 23.2. The molecule has 40 heavy (non-hydrogen) atoms. The van der Waals surface area contributed by atoms with Crippen molar-refractivity contribution < 1.29 is 28.6 Å². The Kier molecular flexibility index (Phi) is 7.46. The van der Waals surface area contributed by atoms with Crippen molar-refractivity contribution in [3.63, 3.8) is 0 Å². The number of aromatic nitrogens is 1. The molecular weight excluding hydrogens is 556 g/mol. The first kappa shape index (κ1) is 27.2. The Morgan fingerprint density at radius 2 is 1.93 bits per heavy atom. The average Bonchev–Trinajstić information content (AvgIpc) is 3.52. The number of esters is 1. The van der Waals surface area contributed by atoms with Crippen LogP contribution < -0.4 is 19.6 Å². The second kappa shape index (κ2) is 11.0. The van der Waals surface area contributed by atoms with Gasteiger partial charge in [-0.2, -0.15) is 0 Å². The molecule has 0 amide bonds. The Morgan fingerprint density at radius 1 is 1.18 bits per heavy atom. The molecule has 0 saturated carbocycles. The van der Waals surface area contributed by atoms with Gasteiger partial charge >= 0.3 is 11.9 Å². The molecule has 0 bridgehead atoms. The van der Waals surface area contributed by atoms with E-state index in [2.05, 4.69) is 4.99 Å². The number of hydrogen-bond donors (Lipinski definition) is 1. The number of furan rings is 1. The molecule has 0 unspecified atom stereocenters. The first-order valence-corrected chi connectivity index (χ1v) is 13.4. The van der Waals surface area contributed by atoms with Crippen molar-refractivity contribution in [1.29, 1.82) is 0 Å². The van der Waals surface area contributed by atoms with E-state index in [0.717, 1.165) is 0 Å². The topological polar surface area (TPSA) is 120 Å². The summed E-state index contributed by atoms with van der Waals surface area (Å²) < 4.78 is 18.3. The predicted molar refractivity (Wildman–Crippen MR) is 150 cm³/mol. The van der Waals surface area contributed by atoms with E-state index in [4.69, 9.17) is 25.5 Å². The van der Waals surface area contributed by atoms with Crippen LogP contribution in [0.4, 0.5) is 0 Å². The summed E-state index contributed by atoms with van der Waals surface area (Å²) in [6.45, 7) is 3.61. The highest BCUT2D eigenvalue weighted by atomic mass is 35.5. The Labute approximate surface area is 236 Å². The van der Waals surface area contributed by atoms with E-state index in [1.165, 1.54) is 28.0 Å². The maximum atomic E-state index is 13.8. The quantitative estimate of drug-likeness (QED) is 0.322. The summed E-state index contributed by atoms with van der Waals surface area (Å²) in [4.78, 5) is 43.2. The maximum absolute atomic E-state index is 13.8. The molecule has 2 aromatic heterocycles. The van der Waals surface area contributed by atoms with Crippen molar-refractivity contribution in [3.05, 3.63) is 107 Å². The molecule has 2 aromatic carbocycles. The number of nitrogens with zero attached hydrogens (tertiary/aromatic N) is 2. The van der Waals surface area contributed by atoms with Crippen LogP contribution in [0.25, 0.3) is 17.4 Å². The van der Waals surface area contributed by atoms with Gasteiger partial charge in [0.05, 0.1) is 46.1 Å². The van der Waals surface area contributed by atoms with Crippen molar-refractivity contribution in [1.82, 2.24) is 4.57 Å². The molecule has 0 spiro atoms. The van der Waals surface area contributed by atoms with Crippen molar-refractivity contribution in [2.24, 2.45) is 4.99 Å². The smallest absolute Gasteiger partial charge is 0.338 e. The molecule has 1 atom stereocenters. The van der Waals surface area contributed by atoms with Gasteiger partial charge in [0.1, 0.15) is 17.3 Å². The number of hydrogen-bond acceptors (Lipinski definition) is 8. The first-order chi connectivity index (χ1) is 19.2. The number of carboxylic acid groups (broad SMARTS) is 1. The number of fused-ring (bicyclic) bond motifs is 1. The molecule has 9 nitrogen and oxygen atoms in total. The van der Waals surface area contributed by atoms with Crippen molar-refractivity contribution in [3.8, 4) is 17.1 Å². The number of halogens is 1. The zero-order valence-electron chi connectivity index (χ0n) is 21.6. The SMILES string of the molecule is CCOC(=O)C1=C(C)N=c2s/c(=C\c3ccc(-c4ccc(Cl)c(C(=O)O)c4)o3)c(=O)n2[C@H]1c1ccc(OC)cc1. The number of allylic oxidation sites excluding steroid dienone is 1. The number of methoxy groups -OCH3 is 1. The fourth-order valence-corrected chi connectivity index (χ4v) is 5.68. The lowest BCUT2D eigenvalue weighted by atomic mass is 9.96. The summed E-state index contributed by atoms with van der Waals surface area (Å²) in [6, 6.07) is 14.3. The van der Waals surface area contributed by atoms with Gasteiger partial charge in [-0.05, 0) is 61.9 Å². The van der Waals surface area contributed by atoms with Gasteiger partial charge in [-0.25, -0.2) is 14.6 Å². The van der Waals surface area contributed by atoms with Gasteiger partial charge in [0.25, 0.3) is 5.56 Å². The molecule has 0 fully saturated rings. The molecule has 0 aliphatic carbocycles. The van der Waals surface area contributed by atoms with Gasteiger partial charge in [-0.15, -0.1) is 0 Å². The van der Waals surface area contributed by atoms with Gasteiger partial charge in [-0.3, -0.25) is 9.36 Å². The number of benzene rings is 2. The maximum Gasteiger partial charge on any atom is 0.338 e. The molecule has 0 radical (unpaired) electrons. The Bertz CT molecular complexity index is 1850. The van der Waals surface area contributed by atoms with Gasteiger partial charge < -0.3 is 19.0 Å². The second-order valence-electron chi connectivity index (χ2n) is 8.78. The van der Waals surface area contributed by atoms with Crippen LogP contribution in [0.5, 0.6) is 5.75 Å². The lowest BCUT2D eigenvalue weighted by molar-refractivity contribution is -0.139. The van der Waals surface area contributed by atoms with Crippen LogP contribution in [0.3, 0.4) is 0 Å². The lowest BCUT2D eigenvalue weighted by Crippen LogP contribution is -2.39. The third-order valence-corrected chi connectivity index (χ3v) is 7.64. The van der Waals surface area contributed by atoms with Crippen LogP contribution in [-0.4, -0.2) is 35.3 Å². The molecule has 1 aliphatic rings. The van der Waals surface area contributed by atoms with Crippen LogP contribution in [0.2, 0.25) is 5.02 Å². The third-order valence-electron chi connectivity index (χ3n) is 6.33. The van der Waals surface area contributed by atoms with Crippen LogP contribution in [0.15, 0.2) is 80.1 Å². The fraction of sp³-hybridized carbons (Fsp3) is 0.172. The van der Waals surface area contributed by atoms with E-state index in [-0.39, 0.29) is 28.3 Å². The number of aromatic carboxylic acids is 1. The summed E-state index contributed by atoms with van der Waals surface area (Å²) in [5.41, 5.74) is 1.57. The van der Waals surface area contributed by atoms with E-state index in [0.29, 0.717) is 43.4 Å². The van der Waals surface area contributed by atoms with E-state index in [9.17, 15) is 19.5 Å². The van der Waals surface area contributed by atoms with Gasteiger partial charge in [0.15, 0.2) is 4.80 Å². The lowest BCUT2D eigenvalue weighted by Gasteiger charge is -2.24. The number of thiazole rings is 1. The number of carbonyl (C=O) groups is 2. The summed E-state index contributed by atoms with van der Waals surface area (Å²) in [6.07, 6.45) is 1.59. The molecular formula is C29H23ClN2O7S. The van der Waals surface area contributed by atoms with E-state index >= 15 is 0 Å². The summed E-state index contributed by atoms with van der Waals surface area (Å²) in [7, 11) is 1.56. The molecule has 4 aromatic rings. The van der Waals surface area contributed by atoms with E-state index < -0.39 is 18.0 Å². The van der Waals surface area contributed by atoms with Crippen LogP contribution in [-0.2, 0) is 9.53 Å². The summed E-state index contributed by atoms with van der Waals surface area (Å²) >= 11 is 7.16. The standard InChI is InChI=1S/C29H23ClN2O7S/c1-4-38-28(36)24-15(2)31-29-32(25(24)16-5-8-18(37-3)9-6-16)26(33)23(40-29)14-19-10-12-22(39-19)17-7-11-21(30)20(13-17)27(34)35/h5-14,25H,4H2,1-3H3,(H,34,35)/b23-14-/t25-/m0/s1. The minimum absolute atomic E-state index is 0.0447. The third kappa shape index (κ3) is 4.99. The Balaban J connectivity index is 1.61. The highest BCUT2D eigenvalue weighted by molar-refractivity contribution is 7.07. The minimum atomic E-state index is -1.15. The van der Waals surface area contributed by atoms with Crippen molar-refractivity contribution >= 4 is 41.0 Å². The summed E-state index contributed by atoms with van der Waals surface area (Å²) in [5, 5.41) is 9.49. The number of ether oxygens (including phenoxy) is 2. The average molecular weight is 579 g/mol. The molecule has 3 heterocycles. The monoisotopic (exact) mass is 578 g/mol. The largest absolute Gasteiger partial charge is 0.497 e. The van der Waals surface area contributed by atoms with E-state index in [1.54, 1.807) is 69.5 Å². The van der Waals surface area contributed by atoms with Gasteiger partial charge in [0, 0.05) is 11.6 Å².